The zero-order chi connectivity index (χ0) is 20.3. The number of methoxy groups -OCH3 is 1. The van der Waals surface area contributed by atoms with Crippen LogP contribution in [0, 0.1) is 0 Å². The van der Waals surface area contributed by atoms with Gasteiger partial charge in [-0.25, -0.2) is 9.97 Å². The van der Waals surface area contributed by atoms with Gasteiger partial charge in [0.15, 0.2) is 5.16 Å². The van der Waals surface area contributed by atoms with Crippen LogP contribution < -0.4 is 5.32 Å². The molecule has 7 heteroatoms. The molecule has 0 aliphatic carbocycles. The summed E-state index contributed by atoms with van der Waals surface area (Å²) in [7, 11) is 1.73. The van der Waals surface area contributed by atoms with E-state index in [1.807, 2.05) is 6.07 Å². The first kappa shape index (κ1) is 20.6. The van der Waals surface area contributed by atoms with Crippen molar-refractivity contribution in [1.29, 1.82) is 0 Å². The van der Waals surface area contributed by atoms with Crippen molar-refractivity contribution in [1.82, 2.24) is 9.97 Å². The molecule has 29 heavy (non-hydrogen) atoms. The Morgan fingerprint density at radius 1 is 1.24 bits per heavy atom. The summed E-state index contributed by atoms with van der Waals surface area (Å²) >= 11 is 3.42. The van der Waals surface area contributed by atoms with E-state index in [0.717, 1.165) is 47.6 Å². The monoisotopic (exact) mass is 429 g/mol. The second-order valence-electron chi connectivity index (χ2n) is 7.81. The van der Waals surface area contributed by atoms with E-state index in [0.29, 0.717) is 6.61 Å². The number of thiophene rings is 1. The predicted molar refractivity (Wildman–Crippen MR) is 121 cm³/mol. The van der Waals surface area contributed by atoms with Gasteiger partial charge < -0.3 is 14.8 Å². The van der Waals surface area contributed by atoms with Gasteiger partial charge >= 0.3 is 0 Å². The molecular weight excluding hydrogens is 402 g/mol. The molecule has 0 bridgehead atoms. The number of anilines is 1. The van der Waals surface area contributed by atoms with Gasteiger partial charge in [-0.2, -0.15) is 0 Å². The Morgan fingerprint density at radius 2 is 2.07 bits per heavy atom. The number of hydrogen-bond donors (Lipinski definition) is 1. The molecule has 0 saturated heterocycles. The topological polar surface area (TPSA) is 56.3 Å². The highest BCUT2D eigenvalue weighted by atomic mass is 32.2. The predicted octanol–water partition coefficient (Wildman–Crippen LogP) is 5.28. The molecule has 0 radical (unpaired) electrons. The van der Waals surface area contributed by atoms with Crippen molar-refractivity contribution < 1.29 is 9.47 Å². The number of ether oxygens (including phenoxy) is 2. The van der Waals surface area contributed by atoms with Crippen LogP contribution in [0.15, 0.2) is 35.5 Å². The average Bonchev–Trinajstić information content (AvgIpc) is 3.07. The fourth-order valence-electron chi connectivity index (χ4n) is 3.46. The molecule has 0 fully saturated rings. The molecular formula is C22H27N3O2S2. The fourth-order valence-corrected chi connectivity index (χ4v) is 5.42. The summed E-state index contributed by atoms with van der Waals surface area (Å²) in [6.07, 6.45) is 1.82. The number of benzene rings is 1. The van der Waals surface area contributed by atoms with Gasteiger partial charge in [0.05, 0.1) is 17.6 Å². The van der Waals surface area contributed by atoms with E-state index in [4.69, 9.17) is 19.4 Å². The number of fused-ring (bicyclic) bond motifs is 3. The van der Waals surface area contributed by atoms with Gasteiger partial charge in [-0.15, -0.1) is 11.3 Å². The number of aromatic nitrogens is 2. The first-order valence-corrected chi connectivity index (χ1v) is 11.7. The lowest BCUT2D eigenvalue weighted by Crippen LogP contribution is -2.31. The number of rotatable bonds is 8. The van der Waals surface area contributed by atoms with E-state index in [1.165, 1.54) is 21.4 Å². The number of hydrogen-bond acceptors (Lipinski definition) is 7. The van der Waals surface area contributed by atoms with Crippen molar-refractivity contribution in [3.63, 3.8) is 0 Å². The Balaban J connectivity index is 1.65. The van der Waals surface area contributed by atoms with Crippen LogP contribution in [0.2, 0.25) is 0 Å². The van der Waals surface area contributed by atoms with E-state index >= 15 is 0 Å². The smallest absolute Gasteiger partial charge is 0.191 e. The lowest BCUT2D eigenvalue weighted by Gasteiger charge is -2.30. The SMILES string of the molecule is COCCCNc1nc(SCc2ccccc2)nc2sc3c(c12)CC(C)(C)OC3. The minimum Gasteiger partial charge on any atom is -0.385 e. The zero-order valence-corrected chi connectivity index (χ0v) is 18.8. The molecule has 5 nitrogen and oxygen atoms in total. The van der Waals surface area contributed by atoms with Gasteiger partial charge in [-0.3, -0.25) is 0 Å². The van der Waals surface area contributed by atoms with Gasteiger partial charge in [0.25, 0.3) is 0 Å². The second kappa shape index (κ2) is 9.00. The van der Waals surface area contributed by atoms with Crippen molar-refractivity contribution in [3.8, 4) is 0 Å². The largest absolute Gasteiger partial charge is 0.385 e. The van der Waals surface area contributed by atoms with Crippen LogP contribution in [0.4, 0.5) is 5.82 Å². The van der Waals surface area contributed by atoms with E-state index in [9.17, 15) is 0 Å². The molecule has 3 heterocycles. The summed E-state index contributed by atoms with van der Waals surface area (Å²) in [6, 6.07) is 10.4. The van der Waals surface area contributed by atoms with E-state index in [2.05, 4.69) is 43.4 Å². The van der Waals surface area contributed by atoms with E-state index < -0.39 is 0 Å². The van der Waals surface area contributed by atoms with Gasteiger partial charge in [0.1, 0.15) is 10.6 Å². The first-order valence-electron chi connectivity index (χ1n) is 9.91. The summed E-state index contributed by atoms with van der Waals surface area (Å²) < 4.78 is 11.2. The van der Waals surface area contributed by atoms with E-state index in [1.54, 1.807) is 30.2 Å². The van der Waals surface area contributed by atoms with Crippen molar-refractivity contribution in [2.24, 2.45) is 0 Å². The molecule has 154 valence electrons. The highest BCUT2D eigenvalue weighted by Crippen LogP contribution is 2.41. The summed E-state index contributed by atoms with van der Waals surface area (Å²) in [5.74, 6) is 1.80. The fraction of sp³-hybridized carbons (Fsp3) is 0.455. The lowest BCUT2D eigenvalue weighted by atomic mass is 9.94. The van der Waals surface area contributed by atoms with Gasteiger partial charge in [0.2, 0.25) is 0 Å². The van der Waals surface area contributed by atoms with Crippen LogP contribution in [0.1, 0.15) is 36.3 Å². The maximum atomic E-state index is 6.03. The van der Waals surface area contributed by atoms with Crippen molar-refractivity contribution in [2.45, 2.75) is 49.8 Å². The van der Waals surface area contributed by atoms with Crippen LogP contribution in [-0.4, -0.2) is 35.8 Å². The molecule has 0 saturated carbocycles. The molecule has 2 aromatic heterocycles. The minimum atomic E-state index is -0.158. The van der Waals surface area contributed by atoms with Crippen LogP contribution >= 0.6 is 23.1 Å². The highest BCUT2D eigenvalue weighted by Gasteiger charge is 2.31. The number of thioether (sulfide) groups is 1. The van der Waals surface area contributed by atoms with Crippen LogP contribution in [-0.2, 0) is 28.3 Å². The highest BCUT2D eigenvalue weighted by molar-refractivity contribution is 7.98. The van der Waals surface area contributed by atoms with Crippen molar-refractivity contribution in [3.05, 3.63) is 46.3 Å². The minimum absolute atomic E-state index is 0.158. The average molecular weight is 430 g/mol. The first-order chi connectivity index (χ1) is 14.1. The Labute approximate surface area is 180 Å². The molecule has 0 unspecified atom stereocenters. The Bertz CT molecular complexity index is 973. The Morgan fingerprint density at radius 3 is 2.86 bits per heavy atom. The molecule has 1 N–H and O–H groups in total. The summed E-state index contributed by atoms with van der Waals surface area (Å²) in [5.41, 5.74) is 2.46. The molecule has 3 aromatic rings. The molecule has 1 aliphatic heterocycles. The maximum absolute atomic E-state index is 6.03. The third-order valence-electron chi connectivity index (χ3n) is 4.94. The summed E-state index contributed by atoms with van der Waals surface area (Å²) in [4.78, 5) is 12.1. The molecule has 0 amide bonds. The van der Waals surface area contributed by atoms with Gasteiger partial charge in [0, 0.05) is 37.3 Å². The van der Waals surface area contributed by atoms with Crippen molar-refractivity contribution in [2.75, 3.05) is 25.6 Å². The van der Waals surface area contributed by atoms with Crippen LogP contribution in [0.5, 0.6) is 0 Å². The third-order valence-corrected chi connectivity index (χ3v) is 6.96. The Hall–Kier alpha value is -1.67. The van der Waals surface area contributed by atoms with Crippen LogP contribution in [0.25, 0.3) is 10.2 Å². The number of nitrogens with one attached hydrogen (secondary N) is 1. The van der Waals surface area contributed by atoms with Crippen molar-refractivity contribution >= 4 is 39.1 Å². The lowest BCUT2D eigenvalue weighted by molar-refractivity contribution is -0.0379. The molecule has 1 aliphatic rings. The van der Waals surface area contributed by atoms with E-state index in [-0.39, 0.29) is 5.60 Å². The normalized spacial score (nSPS) is 15.4. The van der Waals surface area contributed by atoms with Gasteiger partial charge in [-0.05, 0) is 31.4 Å². The number of nitrogens with zero attached hydrogens (tertiary/aromatic N) is 2. The van der Waals surface area contributed by atoms with Gasteiger partial charge in [-0.1, -0.05) is 42.1 Å². The summed E-state index contributed by atoms with van der Waals surface area (Å²) in [6.45, 7) is 6.51. The molecule has 0 atom stereocenters. The molecule has 0 spiro atoms. The Kier molecular flexibility index (Phi) is 6.39. The maximum Gasteiger partial charge on any atom is 0.191 e. The third kappa shape index (κ3) is 4.91. The quantitative estimate of drug-likeness (QED) is 0.299. The van der Waals surface area contributed by atoms with Crippen LogP contribution in [0.3, 0.4) is 0 Å². The molecule has 1 aromatic carbocycles. The summed E-state index contributed by atoms with van der Waals surface area (Å²) in [5, 5.41) is 5.53. The zero-order valence-electron chi connectivity index (χ0n) is 17.2. The molecule has 4 rings (SSSR count). The standard InChI is InChI=1S/C22H27N3O2S2/c1-22(2)12-16-17(13-27-22)29-20-18(16)19(23-10-7-11-26-3)24-21(25-20)28-14-15-8-5-4-6-9-15/h4-6,8-9H,7,10-14H2,1-3H3,(H,23,24,25). The second-order valence-corrected chi connectivity index (χ2v) is 9.84.